The van der Waals surface area contributed by atoms with Crippen molar-refractivity contribution in [3.05, 3.63) is 23.3 Å². The lowest BCUT2D eigenvalue weighted by Gasteiger charge is -2.08. The summed E-state index contributed by atoms with van der Waals surface area (Å²) in [6.45, 7) is 6.37. The molecule has 82 valence electrons. The van der Waals surface area contributed by atoms with Crippen LogP contribution in [0.25, 0.3) is 0 Å². The third-order valence-corrected chi connectivity index (χ3v) is 2.99. The quantitative estimate of drug-likeness (QED) is 0.815. The molecule has 1 fully saturated rings. The normalized spacial score (nSPS) is 20.8. The molecule has 1 atom stereocenters. The summed E-state index contributed by atoms with van der Waals surface area (Å²) < 4.78 is 0. The molecule has 0 aliphatic carbocycles. The van der Waals surface area contributed by atoms with Crippen LogP contribution in [0.3, 0.4) is 0 Å². The Labute approximate surface area is 91.3 Å². The van der Waals surface area contributed by atoms with Crippen molar-refractivity contribution in [2.45, 2.75) is 33.1 Å². The zero-order valence-corrected chi connectivity index (χ0v) is 9.58. The van der Waals surface area contributed by atoms with Crippen molar-refractivity contribution in [2.24, 2.45) is 5.92 Å². The van der Waals surface area contributed by atoms with E-state index in [9.17, 15) is 0 Å². The molecular weight excluding hydrogens is 186 g/mol. The Balaban J connectivity index is 1.92. The Bertz CT molecular complexity index is 309. The standard InChI is InChI=1S/C12H19N3/c1-9-7-12(15-10(2)14-9)4-3-11-5-6-13-8-11/h7,11,13H,3-6,8H2,1-2H3. The highest BCUT2D eigenvalue weighted by atomic mass is 14.9. The number of nitrogens with one attached hydrogen (secondary N) is 1. The molecule has 1 saturated heterocycles. The number of hydrogen-bond donors (Lipinski definition) is 1. The van der Waals surface area contributed by atoms with Gasteiger partial charge in [0.25, 0.3) is 0 Å². The number of hydrogen-bond acceptors (Lipinski definition) is 3. The third kappa shape index (κ3) is 2.99. The van der Waals surface area contributed by atoms with Crippen LogP contribution in [0.2, 0.25) is 0 Å². The maximum absolute atomic E-state index is 4.46. The van der Waals surface area contributed by atoms with E-state index < -0.39 is 0 Å². The highest BCUT2D eigenvalue weighted by molar-refractivity contribution is 5.09. The first-order valence-corrected chi connectivity index (χ1v) is 5.76. The van der Waals surface area contributed by atoms with E-state index in [2.05, 4.69) is 21.4 Å². The van der Waals surface area contributed by atoms with E-state index in [-0.39, 0.29) is 0 Å². The van der Waals surface area contributed by atoms with E-state index in [4.69, 9.17) is 0 Å². The summed E-state index contributed by atoms with van der Waals surface area (Å²) in [5.74, 6) is 1.75. The van der Waals surface area contributed by atoms with Crippen LogP contribution in [0.15, 0.2) is 6.07 Å². The molecule has 3 nitrogen and oxygen atoms in total. The summed E-state index contributed by atoms with van der Waals surface area (Å²) in [6.07, 6.45) is 3.67. The van der Waals surface area contributed by atoms with Gasteiger partial charge < -0.3 is 5.32 Å². The second kappa shape index (κ2) is 4.71. The fourth-order valence-electron chi connectivity index (χ4n) is 2.23. The Morgan fingerprint density at radius 1 is 1.40 bits per heavy atom. The Morgan fingerprint density at radius 2 is 2.27 bits per heavy atom. The molecule has 2 rings (SSSR count). The largest absolute Gasteiger partial charge is 0.316 e. The van der Waals surface area contributed by atoms with E-state index >= 15 is 0 Å². The predicted molar refractivity (Wildman–Crippen MR) is 60.8 cm³/mol. The van der Waals surface area contributed by atoms with Crippen molar-refractivity contribution in [2.75, 3.05) is 13.1 Å². The van der Waals surface area contributed by atoms with Crippen molar-refractivity contribution in [3.8, 4) is 0 Å². The molecule has 0 aromatic carbocycles. The first-order chi connectivity index (χ1) is 7.24. The van der Waals surface area contributed by atoms with Crippen LogP contribution in [-0.2, 0) is 6.42 Å². The van der Waals surface area contributed by atoms with Gasteiger partial charge in [-0.15, -0.1) is 0 Å². The Morgan fingerprint density at radius 3 is 2.93 bits per heavy atom. The summed E-state index contributed by atoms with van der Waals surface area (Å²) in [5.41, 5.74) is 2.29. The molecule has 0 bridgehead atoms. The zero-order chi connectivity index (χ0) is 10.7. The van der Waals surface area contributed by atoms with Crippen molar-refractivity contribution >= 4 is 0 Å². The summed E-state index contributed by atoms with van der Waals surface area (Å²) in [4.78, 5) is 8.75. The lowest BCUT2D eigenvalue weighted by atomic mass is 10.0. The summed E-state index contributed by atoms with van der Waals surface area (Å²) in [5, 5.41) is 3.40. The van der Waals surface area contributed by atoms with E-state index in [1.807, 2.05) is 13.8 Å². The lowest BCUT2D eigenvalue weighted by Crippen LogP contribution is -2.10. The van der Waals surface area contributed by atoms with E-state index in [0.717, 1.165) is 23.9 Å². The average Bonchev–Trinajstić information content (AvgIpc) is 2.65. The molecule has 1 N–H and O–H groups in total. The minimum atomic E-state index is 0.848. The van der Waals surface area contributed by atoms with Crippen LogP contribution in [0.5, 0.6) is 0 Å². The first-order valence-electron chi connectivity index (χ1n) is 5.76. The molecule has 3 heteroatoms. The maximum Gasteiger partial charge on any atom is 0.125 e. The van der Waals surface area contributed by atoms with Crippen LogP contribution >= 0.6 is 0 Å². The highest BCUT2D eigenvalue weighted by Gasteiger charge is 2.14. The molecule has 1 aromatic heterocycles. The second-order valence-electron chi connectivity index (χ2n) is 4.45. The van der Waals surface area contributed by atoms with Crippen molar-refractivity contribution < 1.29 is 0 Å². The van der Waals surface area contributed by atoms with E-state index in [1.54, 1.807) is 0 Å². The molecule has 2 heterocycles. The van der Waals surface area contributed by atoms with Gasteiger partial charge in [0.05, 0.1) is 0 Å². The minimum absolute atomic E-state index is 0.848. The van der Waals surface area contributed by atoms with Crippen molar-refractivity contribution in [3.63, 3.8) is 0 Å². The van der Waals surface area contributed by atoms with Crippen molar-refractivity contribution in [1.29, 1.82) is 0 Å². The summed E-state index contributed by atoms with van der Waals surface area (Å²) in [6, 6.07) is 2.11. The van der Waals surface area contributed by atoms with Gasteiger partial charge in [0, 0.05) is 11.4 Å². The Hall–Kier alpha value is -0.960. The van der Waals surface area contributed by atoms with Crippen LogP contribution < -0.4 is 5.32 Å². The average molecular weight is 205 g/mol. The molecule has 15 heavy (non-hydrogen) atoms. The topological polar surface area (TPSA) is 37.8 Å². The minimum Gasteiger partial charge on any atom is -0.316 e. The number of nitrogens with zero attached hydrogens (tertiary/aromatic N) is 2. The third-order valence-electron chi connectivity index (χ3n) is 2.99. The molecule has 1 unspecified atom stereocenters. The SMILES string of the molecule is Cc1cc(CCC2CCNC2)nc(C)n1. The maximum atomic E-state index is 4.46. The molecule has 1 aliphatic heterocycles. The second-order valence-corrected chi connectivity index (χ2v) is 4.45. The number of aryl methyl sites for hydroxylation is 3. The van der Waals surface area contributed by atoms with Crippen LogP contribution in [0.4, 0.5) is 0 Å². The van der Waals surface area contributed by atoms with E-state index in [0.29, 0.717) is 0 Å². The van der Waals surface area contributed by atoms with E-state index in [1.165, 1.54) is 31.6 Å². The molecular formula is C12H19N3. The number of aromatic nitrogens is 2. The van der Waals surface area contributed by atoms with Gasteiger partial charge in [-0.1, -0.05) is 0 Å². The molecule has 1 aliphatic rings. The molecule has 0 saturated carbocycles. The fourth-order valence-corrected chi connectivity index (χ4v) is 2.23. The smallest absolute Gasteiger partial charge is 0.125 e. The van der Waals surface area contributed by atoms with Gasteiger partial charge in [0.1, 0.15) is 5.82 Å². The van der Waals surface area contributed by atoms with Gasteiger partial charge in [0.15, 0.2) is 0 Å². The monoisotopic (exact) mass is 205 g/mol. The summed E-state index contributed by atoms with van der Waals surface area (Å²) in [7, 11) is 0. The van der Waals surface area contributed by atoms with Crippen LogP contribution in [0.1, 0.15) is 30.1 Å². The van der Waals surface area contributed by atoms with Gasteiger partial charge in [-0.05, 0) is 58.2 Å². The fraction of sp³-hybridized carbons (Fsp3) is 0.667. The van der Waals surface area contributed by atoms with Crippen molar-refractivity contribution in [1.82, 2.24) is 15.3 Å². The molecule has 0 radical (unpaired) electrons. The molecule has 1 aromatic rings. The summed E-state index contributed by atoms with van der Waals surface area (Å²) >= 11 is 0. The predicted octanol–water partition coefficient (Wildman–Crippen LogP) is 1.64. The first kappa shape index (κ1) is 10.6. The Kier molecular flexibility index (Phi) is 3.31. The van der Waals surface area contributed by atoms with Gasteiger partial charge >= 0.3 is 0 Å². The van der Waals surface area contributed by atoms with Crippen LogP contribution in [-0.4, -0.2) is 23.1 Å². The van der Waals surface area contributed by atoms with Gasteiger partial charge in [-0.3, -0.25) is 0 Å². The highest BCUT2D eigenvalue weighted by Crippen LogP contribution is 2.15. The molecule has 0 spiro atoms. The van der Waals surface area contributed by atoms with Gasteiger partial charge in [-0.25, -0.2) is 9.97 Å². The van der Waals surface area contributed by atoms with Gasteiger partial charge in [0.2, 0.25) is 0 Å². The molecule has 0 amide bonds. The van der Waals surface area contributed by atoms with Gasteiger partial charge in [-0.2, -0.15) is 0 Å². The van der Waals surface area contributed by atoms with Crippen LogP contribution in [0, 0.1) is 19.8 Å². The zero-order valence-electron chi connectivity index (χ0n) is 9.58. The lowest BCUT2D eigenvalue weighted by molar-refractivity contribution is 0.528. The number of rotatable bonds is 3.